The van der Waals surface area contributed by atoms with Crippen molar-refractivity contribution in [3.63, 3.8) is 0 Å². The average molecular weight is 380 g/mol. The number of amides is 2. The molecule has 1 aromatic rings. The van der Waals surface area contributed by atoms with Crippen molar-refractivity contribution >= 4 is 29.9 Å². The highest BCUT2D eigenvalue weighted by Gasteiger charge is 2.25. The number of nitrogen functional groups attached to an aromatic ring is 1. The maximum atomic E-state index is 12.4. The summed E-state index contributed by atoms with van der Waals surface area (Å²) < 4.78 is 0. The molecule has 0 bridgehead atoms. The van der Waals surface area contributed by atoms with Crippen LogP contribution in [0.3, 0.4) is 0 Å². The number of benzene rings is 1. The SMILES string of the molecule is CC(CC(=O)NC1CCCc2cc(N)ccc21)NC(=O)C1CCCC1.Cl. The fraction of sp³-hybridized carbons (Fsp3) is 0.600. The Bertz CT molecular complexity index is 644. The summed E-state index contributed by atoms with van der Waals surface area (Å²) in [7, 11) is 0. The van der Waals surface area contributed by atoms with Gasteiger partial charge in [-0.05, 0) is 62.3 Å². The molecule has 1 saturated carbocycles. The van der Waals surface area contributed by atoms with Crippen LogP contribution >= 0.6 is 12.4 Å². The number of carbonyl (C=O) groups is 2. The summed E-state index contributed by atoms with van der Waals surface area (Å²) in [5.74, 6) is 0.242. The standard InChI is InChI=1S/C20H29N3O2.ClH/c1-13(22-20(25)14-5-2-3-6-14)11-19(24)23-18-8-4-7-15-12-16(21)9-10-17(15)18;/h9-10,12-14,18H,2-8,11,21H2,1H3,(H,22,25)(H,23,24);1H. The Morgan fingerprint density at radius 1 is 1.19 bits per heavy atom. The van der Waals surface area contributed by atoms with Crippen molar-refractivity contribution in [2.45, 2.75) is 70.4 Å². The lowest BCUT2D eigenvalue weighted by molar-refractivity contribution is -0.126. The van der Waals surface area contributed by atoms with Crippen LogP contribution in [0.1, 0.15) is 69.0 Å². The van der Waals surface area contributed by atoms with Crippen LogP contribution < -0.4 is 16.4 Å². The van der Waals surface area contributed by atoms with Gasteiger partial charge >= 0.3 is 0 Å². The van der Waals surface area contributed by atoms with E-state index in [1.165, 1.54) is 11.1 Å². The molecule has 144 valence electrons. The predicted octanol–water partition coefficient (Wildman–Crippen LogP) is 3.27. The monoisotopic (exact) mass is 379 g/mol. The van der Waals surface area contributed by atoms with Crippen LogP contribution in [0.15, 0.2) is 18.2 Å². The van der Waals surface area contributed by atoms with E-state index in [1.807, 2.05) is 25.1 Å². The first-order valence-electron chi connectivity index (χ1n) is 9.51. The topological polar surface area (TPSA) is 84.2 Å². The summed E-state index contributed by atoms with van der Waals surface area (Å²) in [5.41, 5.74) is 9.05. The Kier molecular flexibility index (Phi) is 7.33. The second-order valence-electron chi connectivity index (χ2n) is 7.57. The van der Waals surface area contributed by atoms with Crippen molar-refractivity contribution in [3.8, 4) is 0 Å². The molecule has 2 aliphatic carbocycles. The molecule has 3 rings (SSSR count). The summed E-state index contributed by atoms with van der Waals surface area (Å²) in [5, 5.41) is 6.14. The minimum Gasteiger partial charge on any atom is -0.399 e. The number of rotatable bonds is 5. The average Bonchev–Trinajstić information content (AvgIpc) is 3.09. The first-order chi connectivity index (χ1) is 12.0. The van der Waals surface area contributed by atoms with Gasteiger partial charge < -0.3 is 16.4 Å². The minimum atomic E-state index is -0.137. The molecule has 2 atom stereocenters. The highest BCUT2D eigenvalue weighted by molar-refractivity contribution is 5.85. The molecule has 6 heteroatoms. The quantitative estimate of drug-likeness (QED) is 0.686. The maximum Gasteiger partial charge on any atom is 0.223 e. The summed E-state index contributed by atoms with van der Waals surface area (Å²) in [6.45, 7) is 1.90. The lowest BCUT2D eigenvalue weighted by Gasteiger charge is -2.27. The van der Waals surface area contributed by atoms with Crippen molar-refractivity contribution in [2.75, 3.05) is 5.73 Å². The van der Waals surface area contributed by atoms with Crippen LogP contribution in [-0.4, -0.2) is 17.9 Å². The number of nitrogens with two attached hydrogens (primary N) is 1. The van der Waals surface area contributed by atoms with E-state index in [1.54, 1.807) is 0 Å². The van der Waals surface area contributed by atoms with Crippen molar-refractivity contribution in [3.05, 3.63) is 29.3 Å². The van der Waals surface area contributed by atoms with Gasteiger partial charge in [0.2, 0.25) is 11.8 Å². The summed E-state index contributed by atoms with van der Waals surface area (Å²) in [6.07, 6.45) is 7.57. The molecule has 0 aromatic heterocycles. The number of anilines is 1. The van der Waals surface area contributed by atoms with E-state index in [-0.39, 0.29) is 42.2 Å². The van der Waals surface area contributed by atoms with Crippen molar-refractivity contribution < 1.29 is 9.59 Å². The first kappa shape index (κ1) is 20.6. The van der Waals surface area contributed by atoms with Crippen LogP contribution in [0, 0.1) is 5.92 Å². The second kappa shape index (κ2) is 9.26. The Hall–Kier alpha value is -1.75. The predicted molar refractivity (Wildman–Crippen MR) is 106 cm³/mol. The van der Waals surface area contributed by atoms with Crippen LogP contribution in [0.25, 0.3) is 0 Å². The van der Waals surface area contributed by atoms with Gasteiger partial charge in [-0.1, -0.05) is 18.9 Å². The van der Waals surface area contributed by atoms with Crippen molar-refractivity contribution in [2.24, 2.45) is 5.92 Å². The molecule has 2 amide bonds. The molecule has 1 fully saturated rings. The molecule has 1 aromatic carbocycles. The Morgan fingerprint density at radius 2 is 1.92 bits per heavy atom. The largest absolute Gasteiger partial charge is 0.399 e. The number of halogens is 1. The molecule has 2 unspecified atom stereocenters. The lowest BCUT2D eigenvalue weighted by atomic mass is 9.87. The summed E-state index contributed by atoms with van der Waals surface area (Å²) in [4.78, 5) is 24.6. The number of hydrogen-bond donors (Lipinski definition) is 3. The van der Waals surface area contributed by atoms with E-state index in [0.717, 1.165) is 50.6 Å². The first-order valence-corrected chi connectivity index (χ1v) is 9.51. The van der Waals surface area contributed by atoms with E-state index < -0.39 is 0 Å². The third kappa shape index (κ3) is 5.13. The zero-order valence-corrected chi connectivity index (χ0v) is 16.2. The van der Waals surface area contributed by atoms with E-state index in [4.69, 9.17) is 5.73 Å². The van der Waals surface area contributed by atoms with Crippen LogP contribution in [0.5, 0.6) is 0 Å². The fourth-order valence-corrected chi connectivity index (χ4v) is 4.12. The molecule has 4 N–H and O–H groups in total. The van der Waals surface area contributed by atoms with Gasteiger partial charge in [-0.3, -0.25) is 9.59 Å². The number of hydrogen-bond acceptors (Lipinski definition) is 3. The van der Waals surface area contributed by atoms with Gasteiger partial charge in [-0.2, -0.15) is 0 Å². The van der Waals surface area contributed by atoms with Gasteiger partial charge in [0, 0.05) is 24.1 Å². The second-order valence-corrected chi connectivity index (χ2v) is 7.57. The molecule has 0 spiro atoms. The normalized spacial score (nSPS) is 20.6. The Balaban J connectivity index is 0.00000243. The van der Waals surface area contributed by atoms with Gasteiger partial charge in [0.15, 0.2) is 0 Å². The van der Waals surface area contributed by atoms with Crippen LogP contribution in [0.2, 0.25) is 0 Å². The van der Waals surface area contributed by atoms with Crippen molar-refractivity contribution in [1.29, 1.82) is 0 Å². The lowest BCUT2D eigenvalue weighted by Crippen LogP contribution is -2.40. The molecule has 0 radical (unpaired) electrons. The molecule has 2 aliphatic rings. The van der Waals surface area contributed by atoms with E-state index in [2.05, 4.69) is 10.6 Å². The van der Waals surface area contributed by atoms with E-state index >= 15 is 0 Å². The van der Waals surface area contributed by atoms with Gasteiger partial charge in [0.05, 0.1) is 6.04 Å². The highest BCUT2D eigenvalue weighted by atomic mass is 35.5. The number of nitrogens with one attached hydrogen (secondary N) is 2. The fourth-order valence-electron chi connectivity index (χ4n) is 4.12. The van der Waals surface area contributed by atoms with Gasteiger partial charge in [-0.15, -0.1) is 12.4 Å². The van der Waals surface area contributed by atoms with Gasteiger partial charge in [0.25, 0.3) is 0 Å². The van der Waals surface area contributed by atoms with Crippen molar-refractivity contribution in [1.82, 2.24) is 10.6 Å². The summed E-state index contributed by atoms with van der Waals surface area (Å²) >= 11 is 0. The third-order valence-corrected chi connectivity index (χ3v) is 5.42. The molecular formula is C20H30ClN3O2. The number of aryl methyl sites for hydroxylation is 1. The maximum absolute atomic E-state index is 12.4. The Labute approximate surface area is 161 Å². The molecule has 5 nitrogen and oxygen atoms in total. The number of fused-ring (bicyclic) bond motifs is 1. The summed E-state index contributed by atoms with van der Waals surface area (Å²) in [6, 6.07) is 5.85. The minimum absolute atomic E-state index is 0. The van der Waals surface area contributed by atoms with Crippen LogP contribution in [0.4, 0.5) is 5.69 Å². The van der Waals surface area contributed by atoms with Gasteiger partial charge in [-0.25, -0.2) is 0 Å². The molecule has 0 saturated heterocycles. The molecule has 26 heavy (non-hydrogen) atoms. The van der Waals surface area contributed by atoms with E-state index in [0.29, 0.717) is 6.42 Å². The zero-order chi connectivity index (χ0) is 17.8. The molecule has 0 heterocycles. The van der Waals surface area contributed by atoms with Gasteiger partial charge in [0.1, 0.15) is 0 Å². The molecule has 0 aliphatic heterocycles. The number of carbonyl (C=O) groups excluding carboxylic acids is 2. The Morgan fingerprint density at radius 3 is 2.65 bits per heavy atom. The highest BCUT2D eigenvalue weighted by Crippen LogP contribution is 2.31. The molecular weight excluding hydrogens is 350 g/mol. The van der Waals surface area contributed by atoms with Crippen LogP contribution in [-0.2, 0) is 16.0 Å². The zero-order valence-electron chi connectivity index (χ0n) is 15.4. The smallest absolute Gasteiger partial charge is 0.223 e. The van der Waals surface area contributed by atoms with E-state index in [9.17, 15) is 9.59 Å². The third-order valence-electron chi connectivity index (χ3n) is 5.42.